The summed E-state index contributed by atoms with van der Waals surface area (Å²) in [5, 5.41) is 0. The van der Waals surface area contributed by atoms with E-state index in [1.165, 1.54) is 17.5 Å². The molecule has 1 aliphatic carbocycles. The lowest BCUT2D eigenvalue weighted by Gasteiger charge is -2.34. The number of rotatable bonds is 6. The molecule has 0 aromatic heterocycles. The number of hydrogen-bond acceptors (Lipinski definition) is 4. The van der Waals surface area contributed by atoms with E-state index in [1.54, 1.807) is 24.1 Å². The van der Waals surface area contributed by atoms with Gasteiger partial charge in [-0.2, -0.15) is 4.31 Å². The third-order valence-corrected chi connectivity index (χ3v) is 7.95. The Bertz CT molecular complexity index is 825. The quantitative estimate of drug-likeness (QED) is 0.725. The van der Waals surface area contributed by atoms with Crippen molar-refractivity contribution in [3.63, 3.8) is 0 Å². The summed E-state index contributed by atoms with van der Waals surface area (Å²) in [4.78, 5) is 14.8. The average molecular weight is 409 g/mol. The SMILES string of the molecule is COc1ccc(C(=O)N(C)C(C)C2CC2)cc1S(=O)(=O)N1CC(C)CC(C)C1. The van der Waals surface area contributed by atoms with Gasteiger partial charge in [-0.15, -0.1) is 0 Å². The number of carbonyl (C=O) groups excluding carboxylic acids is 1. The van der Waals surface area contributed by atoms with Crippen LogP contribution in [-0.2, 0) is 10.0 Å². The summed E-state index contributed by atoms with van der Waals surface area (Å²) in [5.74, 6) is 1.28. The second kappa shape index (κ2) is 8.03. The average Bonchev–Trinajstić information content (AvgIpc) is 3.50. The highest BCUT2D eigenvalue weighted by Crippen LogP contribution is 2.36. The summed E-state index contributed by atoms with van der Waals surface area (Å²) in [6, 6.07) is 4.87. The minimum atomic E-state index is -3.74. The van der Waals surface area contributed by atoms with E-state index in [2.05, 4.69) is 13.8 Å². The largest absolute Gasteiger partial charge is 0.495 e. The molecule has 3 unspecified atom stereocenters. The second-order valence-corrected chi connectivity index (χ2v) is 10.5. The molecule has 1 heterocycles. The van der Waals surface area contributed by atoms with Crippen LogP contribution in [0.15, 0.2) is 23.1 Å². The summed E-state index contributed by atoms with van der Waals surface area (Å²) < 4.78 is 33.6. The standard InChI is InChI=1S/C21H32N2O4S/c1-14-10-15(2)13-23(12-14)28(25,26)20-11-18(8-9-19(20)27-5)21(24)22(4)16(3)17-6-7-17/h8-9,11,14-17H,6-7,10,12-13H2,1-5H3. The maximum absolute atomic E-state index is 13.4. The van der Waals surface area contributed by atoms with Gasteiger partial charge in [-0.05, 0) is 62.1 Å². The van der Waals surface area contributed by atoms with E-state index >= 15 is 0 Å². The molecular formula is C21H32N2O4S. The predicted octanol–water partition coefficient (Wildman–Crippen LogP) is 3.23. The first-order chi connectivity index (χ1) is 13.1. The Labute approximate surface area is 168 Å². The van der Waals surface area contributed by atoms with Crippen LogP contribution in [0.3, 0.4) is 0 Å². The Morgan fingerprint density at radius 3 is 2.36 bits per heavy atom. The molecule has 0 spiro atoms. The topological polar surface area (TPSA) is 66.9 Å². The lowest BCUT2D eigenvalue weighted by molar-refractivity contribution is 0.0727. The van der Waals surface area contributed by atoms with Gasteiger partial charge in [0, 0.05) is 31.7 Å². The first kappa shape index (κ1) is 21.1. The molecule has 1 saturated carbocycles. The summed E-state index contributed by atoms with van der Waals surface area (Å²) in [7, 11) is -0.493. The molecule has 1 saturated heterocycles. The zero-order chi connectivity index (χ0) is 20.6. The number of ether oxygens (including phenoxy) is 1. The molecule has 1 aromatic carbocycles. The third-order valence-electron chi connectivity index (χ3n) is 6.10. The lowest BCUT2D eigenvalue weighted by Crippen LogP contribution is -2.42. The van der Waals surface area contributed by atoms with Crippen molar-refractivity contribution >= 4 is 15.9 Å². The molecule has 3 rings (SSSR count). The van der Waals surface area contributed by atoms with Gasteiger partial charge in [-0.3, -0.25) is 4.79 Å². The van der Waals surface area contributed by atoms with E-state index in [4.69, 9.17) is 4.74 Å². The number of nitrogens with zero attached hydrogens (tertiary/aromatic N) is 2. The molecule has 156 valence electrons. The molecule has 3 atom stereocenters. The Balaban J connectivity index is 1.93. The zero-order valence-electron chi connectivity index (χ0n) is 17.5. The third kappa shape index (κ3) is 4.20. The summed E-state index contributed by atoms with van der Waals surface area (Å²) in [5.41, 5.74) is 0.382. The van der Waals surface area contributed by atoms with Gasteiger partial charge in [-0.1, -0.05) is 13.8 Å². The summed E-state index contributed by atoms with van der Waals surface area (Å²) in [6.07, 6.45) is 3.31. The lowest BCUT2D eigenvalue weighted by atomic mass is 9.94. The first-order valence-electron chi connectivity index (χ1n) is 10.1. The highest BCUT2D eigenvalue weighted by atomic mass is 32.2. The minimum Gasteiger partial charge on any atom is -0.495 e. The molecule has 1 aromatic rings. The van der Waals surface area contributed by atoms with Crippen molar-refractivity contribution in [1.29, 1.82) is 0 Å². The normalized spacial score (nSPS) is 24.6. The van der Waals surface area contributed by atoms with Crippen LogP contribution in [0.1, 0.15) is 50.4 Å². The molecule has 7 heteroatoms. The van der Waals surface area contributed by atoms with Crippen molar-refractivity contribution in [1.82, 2.24) is 9.21 Å². The molecule has 28 heavy (non-hydrogen) atoms. The van der Waals surface area contributed by atoms with E-state index in [9.17, 15) is 13.2 Å². The zero-order valence-corrected chi connectivity index (χ0v) is 18.3. The van der Waals surface area contributed by atoms with Gasteiger partial charge in [0.05, 0.1) is 7.11 Å². The number of benzene rings is 1. The number of hydrogen-bond donors (Lipinski definition) is 0. The van der Waals surface area contributed by atoms with Crippen molar-refractivity contribution in [2.75, 3.05) is 27.2 Å². The molecular weight excluding hydrogens is 376 g/mol. The van der Waals surface area contributed by atoms with Gasteiger partial charge in [0.15, 0.2) is 0 Å². The van der Waals surface area contributed by atoms with Crippen molar-refractivity contribution < 1.29 is 17.9 Å². The number of methoxy groups -OCH3 is 1. The predicted molar refractivity (Wildman–Crippen MR) is 109 cm³/mol. The van der Waals surface area contributed by atoms with E-state index in [1.807, 2.05) is 6.92 Å². The second-order valence-electron chi connectivity index (χ2n) is 8.63. The maximum atomic E-state index is 13.4. The van der Waals surface area contributed by atoms with Crippen molar-refractivity contribution in [2.45, 2.75) is 51.0 Å². The first-order valence-corrected chi connectivity index (χ1v) is 11.5. The molecule has 1 aliphatic heterocycles. The number of piperidine rings is 1. The molecule has 1 amide bonds. The maximum Gasteiger partial charge on any atom is 0.253 e. The number of sulfonamides is 1. The molecule has 0 N–H and O–H groups in total. The van der Waals surface area contributed by atoms with E-state index in [0.717, 1.165) is 19.3 Å². The smallest absolute Gasteiger partial charge is 0.253 e. The van der Waals surface area contributed by atoms with Crippen molar-refractivity contribution in [2.24, 2.45) is 17.8 Å². The Morgan fingerprint density at radius 2 is 1.82 bits per heavy atom. The Hall–Kier alpha value is -1.60. The fraction of sp³-hybridized carbons (Fsp3) is 0.667. The van der Waals surface area contributed by atoms with Crippen LogP contribution >= 0.6 is 0 Å². The van der Waals surface area contributed by atoms with Crippen molar-refractivity contribution in [3.05, 3.63) is 23.8 Å². The van der Waals surface area contributed by atoms with Crippen LogP contribution in [0.25, 0.3) is 0 Å². The number of amides is 1. The molecule has 2 aliphatic rings. The fourth-order valence-corrected chi connectivity index (χ4v) is 6.10. The number of carbonyl (C=O) groups is 1. The van der Waals surface area contributed by atoms with Crippen LogP contribution in [0, 0.1) is 17.8 Å². The molecule has 0 radical (unpaired) electrons. The summed E-state index contributed by atoms with van der Waals surface area (Å²) in [6.45, 7) is 7.18. The van der Waals surface area contributed by atoms with E-state index < -0.39 is 10.0 Å². The van der Waals surface area contributed by atoms with Gasteiger partial charge in [0.25, 0.3) is 5.91 Å². The fourth-order valence-electron chi connectivity index (χ4n) is 4.24. The van der Waals surface area contributed by atoms with Crippen LogP contribution in [-0.4, -0.2) is 56.8 Å². The Morgan fingerprint density at radius 1 is 1.21 bits per heavy atom. The highest BCUT2D eigenvalue weighted by molar-refractivity contribution is 7.89. The van der Waals surface area contributed by atoms with Gasteiger partial charge >= 0.3 is 0 Å². The molecule has 0 bridgehead atoms. The van der Waals surface area contributed by atoms with Gasteiger partial charge in [0.2, 0.25) is 10.0 Å². The summed E-state index contributed by atoms with van der Waals surface area (Å²) >= 11 is 0. The van der Waals surface area contributed by atoms with Crippen molar-refractivity contribution in [3.8, 4) is 5.75 Å². The van der Waals surface area contributed by atoms with Gasteiger partial charge in [-0.25, -0.2) is 8.42 Å². The van der Waals surface area contributed by atoms with Crippen LogP contribution in [0.4, 0.5) is 0 Å². The van der Waals surface area contributed by atoms with E-state index in [0.29, 0.717) is 36.4 Å². The van der Waals surface area contributed by atoms with Gasteiger partial charge in [0.1, 0.15) is 10.6 Å². The van der Waals surface area contributed by atoms with Crippen LogP contribution < -0.4 is 4.74 Å². The molecule has 6 nitrogen and oxygen atoms in total. The molecule has 2 fully saturated rings. The van der Waals surface area contributed by atoms with Crippen LogP contribution in [0.2, 0.25) is 0 Å². The van der Waals surface area contributed by atoms with E-state index in [-0.39, 0.29) is 22.6 Å². The Kier molecular flexibility index (Phi) is 6.05. The highest BCUT2D eigenvalue weighted by Gasteiger charge is 2.35. The van der Waals surface area contributed by atoms with Crippen LogP contribution in [0.5, 0.6) is 5.75 Å². The monoisotopic (exact) mass is 408 g/mol. The minimum absolute atomic E-state index is 0.0784. The van der Waals surface area contributed by atoms with Gasteiger partial charge < -0.3 is 9.64 Å².